The van der Waals surface area contributed by atoms with Crippen molar-refractivity contribution in [3.8, 4) is 0 Å². The molecule has 0 unspecified atom stereocenters. The van der Waals surface area contributed by atoms with Gasteiger partial charge in [0.05, 0.1) is 6.33 Å². The molecule has 0 radical (unpaired) electrons. The van der Waals surface area contributed by atoms with E-state index in [1.54, 1.807) is 4.57 Å². The van der Waals surface area contributed by atoms with Crippen molar-refractivity contribution in [3.05, 3.63) is 22.8 Å². The Bertz CT molecular complexity index is 529. The van der Waals surface area contributed by atoms with Gasteiger partial charge in [-0.15, -0.1) is 0 Å². The average Bonchev–Trinajstić information content (AvgIpc) is 2.64. The van der Waals surface area contributed by atoms with E-state index in [-0.39, 0.29) is 17.2 Å². The SMILES string of the molecule is CC.CC(C)n1cnc2c(=O)[nH]c(F)nc21. The molecule has 0 saturated carbocycles. The van der Waals surface area contributed by atoms with Gasteiger partial charge in [0.15, 0.2) is 11.2 Å². The number of aromatic nitrogens is 4. The lowest BCUT2D eigenvalue weighted by atomic mass is 10.4. The molecule has 0 aliphatic heterocycles. The van der Waals surface area contributed by atoms with E-state index in [1.807, 2.05) is 32.7 Å². The van der Waals surface area contributed by atoms with Crippen LogP contribution in [0.25, 0.3) is 11.2 Å². The predicted octanol–water partition coefficient (Wildman–Crippen LogP) is 1.87. The Hall–Kier alpha value is -1.72. The van der Waals surface area contributed by atoms with Gasteiger partial charge in [0, 0.05) is 6.04 Å². The topological polar surface area (TPSA) is 63.6 Å². The summed E-state index contributed by atoms with van der Waals surface area (Å²) in [5.41, 5.74) is -0.103. The Labute approximate surface area is 92.3 Å². The minimum Gasteiger partial charge on any atom is -0.312 e. The van der Waals surface area contributed by atoms with Crippen molar-refractivity contribution in [2.45, 2.75) is 33.7 Å². The van der Waals surface area contributed by atoms with Gasteiger partial charge in [-0.1, -0.05) is 13.8 Å². The molecule has 88 valence electrons. The zero-order valence-corrected chi connectivity index (χ0v) is 9.78. The summed E-state index contributed by atoms with van der Waals surface area (Å²) in [6.45, 7) is 7.81. The molecule has 0 saturated heterocycles. The normalized spacial score (nSPS) is 10.4. The molecule has 1 N–H and O–H groups in total. The summed E-state index contributed by atoms with van der Waals surface area (Å²) in [7, 11) is 0. The third kappa shape index (κ3) is 2.10. The first-order valence-electron chi connectivity index (χ1n) is 5.22. The van der Waals surface area contributed by atoms with Crippen molar-refractivity contribution in [3.63, 3.8) is 0 Å². The highest BCUT2D eigenvalue weighted by molar-refractivity contribution is 5.68. The fourth-order valence-corrected chi connectivity index (χ4v) is 1.28. The number of hydrogen-bond acceptors (Lipinski definition) is 3. The van der Waals surface area contributed by atoms with E-state index in [0.717, 1.165) is 0 Å². The summed E-state index contributed by atoms with van der Waals surface area (Å²) in [6, 6.07) is 0.0914. The number of aromatic amines is 1. The quantitative estimate of drug-likeness (QED) is 0.755. The van der Waals surface area contributed by atoms with Gasteiger partial charge in [0.1, 0.15) is 0 Å². The van der Waals surface area contributed by atoms with Crippen LogP contribution in [-0.4, -0.2) is 19.5 Å². The fraction of sp³-hybridized carbons (Fsp3) is 0.500. The molecule has 0 aliphatic rings. The highest BCUT2D eigenvalue weighted by Crippen LogP contribution is 2.11. The van der Waals surface area contributed by atoms with Gasteiger partial charge in [0.25, 0.3) is 11.6 Å². The summed E-state index contributed by atoms with van der Waals surface area (Å²) in [4.78, 5) is 20.6. The lowest BCUT2D eigenvalue weighted by Crippen LogP contribution is -2.12. The smallest absolute Gasteiger partial charge is 0.291 e. The zero-order chi connectivity index (χ0) is 12.3. The number of fused-ring (bicyclic) bond motifs is 1. The average molecular weight is 226 g/mol. The van der Waals surface area contributed by atoms with Crippen LogP contribution in [-0.2, 0) is 0 Å². The van der Waals surface area contributed by atoms with E-state index in [4.69, 9.17) is 0 Å². The molecule has 0 aliphatic carbocycles. The maximum absolute atomic E-state index is 12.8. The molecular weight excluding hydrogens is 211 g/mol. The number of rotatable bonds is 1. The number of H-pyrrole nitrogens is 1. The third-order valence-corrected chi connectivity index (χ3v) is 1.96. The van der Waals surface area contributed by atoms with E-state index in [0.29, 0.717) is 0 Å². The van der Waals surface area contributed by atoms with Crippen LogP contribution in [0.2, 0.25) is 0 Å². The van der Waals surface area contributed by atoms with Crippen LogP contribution in [0.1, 0.15) is 33.7 Å². The second-order valence-corrected chi connectivity index (χ2v) is 3.27. The molecule has 0 bridgehead atoms. The van der Waals surface area contributed by atoms with E-state index < -0.39 is 11.6 Å². The highest BCUT2D eigenvalue weighted by atomic mass is 19.1. The van der Waals surface area contributed by atoms with Gasteiger partial charge < -0.3 is 4.57 Å². The molecule has 0 atom stereocenters. The number of nitrogens with zero attached hydrogens (tertiary/aromatic N) is 3. The molecule has 0 aromatic carbocycles. The van der Waals surface area contributed by atoms with Crippen molar-refractivity contribution in [1.82, 2.24) is 19.5 Å². The molecule has 6 heteroatoms. The monoisotopic (exact) mass is 226 g/mol. The Morgan fingerprint density at radius 2 is 2.06 bits per heavy atom. The van der Waals surface area contributed by atoms with Crippen molar-refractivity contribution < 1.29 is 4.39 Å². The van der Waals surface area contributed by atoms with E-state index in [2.05, 4.69) is 9.97 Å². The molecule has 2 aromatic heterocycles. The molecule has 5 nitrogen and oxygen atoms in total. The molecule has 2 aromatic rings. The van der Waals surface area contributed by atoms with E-state index in [1.165, 1.54) is 6.33 Å². The molecular formula is C10H15FN4O. The largest absolute Gasteiger partial charge is 0.312 e. The Morgan fingerprint density at radius 3 is 2.62 bits per heavy atom. The maximum Gasteiger partial charge on any atom is 0.291 e. The summed E-state index contributed by atoms with van der Waals surface area (Å²) in [5.74, 6) is 0. The van der Waals surface area contributed by atoms with Crippen molar-refractivity contribution in [1.29, 1.82) is 0 Å². The predicted molar refractivity (Wildman–Crippen MR) is 59.8 cm³/mol. The molecule has 2 heterocycles. The summed E-state index contributed by atoms with van der Waals surface area (Å²) in [6.07, 6.45) is 0.599. The molecule has 0 spiro atoms. The Morgan fingerprint density at radius 1 is 1.44 bits per heavy atom. The summed E-state index contributed by atoms with van der Waals surface area (Å²) in [5, 5.41) is 0. The van der Waals surface area contributed by atoms with Crippen LogP contribution in [0, 0.1) is 6.08 Å². The van der Waals surface area contributed by atoms with E-state index in [9.17, 15) is 9.18 Å². The van der Waals surface area contributed by atoms with Gasteiger partial charge in [-0.25, -0.2) is 4.98 Å². The number of hydrogen-bond donors (Lipinski definition) is 1. The molecule has 0 fully saturated rings. The van der Waals surface area contributed by atoms with Gasteiger partial charge in [-0.3, -0.25) is 9.78 Å². The van der Waals surface area contributed by atoms with Crippen molar-refractivity contribution >= 4 is 11.2 Å². The minimum absolute atomic E-state index is 0.0914. The number of halogens is 1. The standard InChI is InChI=1S/C8H9FN4O.C2H6/c1-4(2)13-3-10-5-6(13)11-8(9)12-7(5)14;1-2/h3-4H,1-2H3,(H,11,12,14);1-2H3. The maximum atomic E-state index is 12.8. The zero-order valence-electron chi connectivity index (χ0n) is 9.78. The van der Waals surface area contributed by atoms with Crippen molar-refractivity contribution in [2.24, 2.45) is 0 Å². The second kappa shape index (κ2) is 4.87. The second-order valence-electron chi connectivity index (χ2n) is 3.27. The molecule has 2 rings (SSSR count). The fourth-order valence-electron chi connectivity index (χ4n) is 1.28. The first-order chi connectivity index (χ1) is 7.59. The number of imidazole rings is 1. The summed E-state index contributed by atoms with van der Waals surface area (Å²) < 4.78 is 14.5. The first kappa shape index (κ1) is 12.4. The van der Waals surface area contributed by atoms with Crippen LogP contribution in [0.5, 0.6) is 0 Å². The van der Waals surface area contributed by atoms with Gasteiger partial charge in [-0.2, -0.15) is 9.37 Å². The lowest BCUT2D eigenvalue weighted by Gasteiger charge is -2.05. The van der Waals surface area contributed by atoms with Crippen LogP contribution >= 0.6 is 0 Å². The van der Waals surface area contributed by atoms with Gasteiger partial charge >= 0.3 is 0 Å². The molecule has 0 amide bonds. The third-order valence-electron chi connectivity index (χ3n) is 1.96. The van der Waals surface area contributed by atoms with Crippen LogP contribution < -0.4 is 5.56 Å². The first-order valence-corrected chi connectivity index (χ1v) is 5.22. The highest BCUT2D eigenvalue weighted by Gasteiger charge is 2.11. The molecule has 16 heavy (non-hydrogen) atoms. The van der Waals surface area contributed by atoms with E-state index >= 15 is 0 Å². The lowest BCUT2D eigenvalue weighted by molar-refractivity contribution is 0.533. The number of nitrogens with one attached hydrogen (secondary N) is 1. The van der Waals surface area contributed by atoms with Crippen LogP contribution in [0.4, 0.5) is 4.39 Å². The minimum atomic E-state index is -0.884. The van der Waals surface area contributed by atoms with Crippen LogP contribution in [0.15, 0.2) is 11.1 Å². The Kier molecular flexibility index (Phi) is 3.76. The van der Waals surface area contributed by atoms with Gasteiger partial charge in [-0.05, 0) is 13.8 Å². The van der Waals surface area contributed by atoms with Crippen LogP contribution in [0.3, 0.4) is 0 Å². The van der Waals surface area contributed by atoms with Gasteiger partial charge in [0.2, 0.25) is 0 Å². The summed E-state index contributed by atoms with van der Waals surface area (Å²) >= 11 is 0. The Balaban J connectivity index is 0.000000606. The van der Waals surface area contributed by atoms with Crippen molar-refractivity contribution in [2.75, 3.05) is 0 Å².